The Labute approximate surface area is 125 Å². The Kier molecular flexibility index (Phi) is 4.88. The van der Waals surface area contributed by atoms with Crippen LogP contribution in [0.25, 0.3) is 0 Å². The van der Waals surface area contributed by atoms with Gasteiger partial charge in [-0.15, -0.1) is 0 Å². The van der Waals surface area contributed by atoms with Gasteiger partial charge < -0.3 is 14.8 Å². The highest BCUT2D eigenvalue weighted by Crippen LogP contribution is 2.26. The van der Waals surface area contributed by atoms with E-state index >= 15 is 0 Å². The van der Waals surface area contributed by atoms with Gasteiger partial charge in [-0.3, -0.25) is 4.79 Å². The first-order valence-corrected chi connectivity index (χ1v) is 7.85. The van der Waals surface area contributed by atoms with Gasteiger partial charge in [0.2, 0.25) is 0 Å². The number of ketones is 1. The first-order chi connectivity index (χ1) is 10.3. The molecule has 2 saturated heterocycles. The second-order valence-electron chi connectivity index (χ2n) is 6.00. The van der Waals surface area contributed by atoms with Crippen LogP contribution < -0.4 is 10.1 Å². The lowest BCUT2D eigenvalue weighted by molar-refractivity contribution is -0.126. The van der Waals surface area contributed by atoms with Crippen molar-refractivity contribution in [1.82, 2.24) is 5.32 Å². The van der Waals surface area contributed by atoms with Crippen LogP contribution in [0.2, 0.25) is 0 Å². The minimum absolute atomic E-state index is 0.210. The molecule has 1 aromatic rings. The lowest BCUT2D eigenvalue weighted by atomic mass is 9.83. The largest absolute Gasteiger partial charge is 0.494 e. The summed E-state index contributed by atoms with van der Waals surface area (Å²) in [7, 11) is 0. The van der Waals surface area contributed by atoms with Crippen molar-refractivity contribution in [3.05, 3.63) is 30.3 Å². The van der Waals surface area contributed by atoms with Gasteiger partial charge in [-0.1, -0.05) is 18.2 Å². The number of benzene rings is 1. The van der Waals surface area contributed by atoms with Crippen molar-refractivity contribution in [2.24, 2.45) is 5.92 Å². The first-order valence-electron chi connectivity index (χ1n) is 7.85. The molecule has 1 aromatic carbocycles. The van der Waals surface area contributed by atoms with Crippen LogP contribution in [0.3, 0.4) is 0 Å². The van der Waals surface area contributed by atoms with Gasteiger partial charge in [0.05, 0.1) is 19.8 Å². The molecule has 2 bridgehead atoms. The molecule has 2 aliphatic rings. The number of carbonyl (C=O) groups excluding carboxylic acids is 1. The monoisotopic (exact) mass is 289 g/mol. The van der Waals surface area contributed by atoms with Gasteiger partial charge in [0.15, 0.2) is 0 Å². The van der Waals surface area contributed by atoms with E-state index in [0.29, 0.717) is 30.9 Å². The molecule has 2 fully saturated rings. The molecule has 0 aliphatic carbocycles. The number of fused-ring (bicyclic) bond motifs is 2. The maximum Gasteiger partial charge on any atom is 0.136 e. The number of Topliss-reactive ketones (excluding diaryl/α,β-unsaturated/α-hetero) is 1. The molecular formula is C17H23NO3. The Balaban J connectivity index is 1.38. The second kappa shape index (κ2) is 7.05. The van der Waals surface area contributed by atoms with E-state index in [1.54, 1.807) is 0 Å². The second-order valence-corrected chi connectivity index (χ2v) is 6.00. The molecular weight excluding hydrogens is 266 g/mol. The molecule has 2 atom stereocenters. The maximum absolute atomic E-state index is 12.3. The number of para-hydroxylation sites is 1. The van der Waals surface area contributed by atoms with Gasteiger partial charge in [-0.25, -0.2) is 0 Å². The van der Waals surface area contributed by atoms with E-state index in [9.17, 15) is 4.79 Å². The quantitative estimate of drug-likeness (QED) is 0.816. The molecule has 2 heterocycles. The topological polar surface area (TPSA) is 47.6 Å². The van der Waals surface area contributed by atoms with Crippen LogP contribution in [0, 0.1) is 5.92 Å². The highest BCUT2D eigenvalue weighted by molar-refractivity contribution is 5.81. The average Bonchev–Trinajstić information content (AvgIpc) is 2.52. The van der Waals surface area contributed by atoms with E-state index in [4.69, 9.17) is 9.47 Å². The van der Waals surface area contributed by atoms with Gasteiger partial charge in [0.25, 0.3) is 0 Å². The van der Waals surface area contributed by atoms with Crippen LogP contribution >= 0.6 is 0 Å². The molecule has 4 heteroatoms. The number of piperidine rings is 1. The van der Waals surface area contributed by atoms with Crippen LogP contribution in [0.15, 0.2) is 30.3 Å². The van der Waals surface area contributed by atoms with E-state index in [1.807, 2.05) is 30.3 Å². The van der Waals surface area contributed by atoms with Crippen molar-refractivity contribution >= 4 is 5.78 Å². The number of ether oxygens (including phenoxy) is 2. The Morgan fingerprint density at radius 3 is 2.62 bits per heavy atom. The first kappa shape index (κ1) is 14.5. The van der Waals surface area contributed by atoms with Gasteiger partial charge in [0.1, 0.15) is 11.5 Å². The molecule has 2 aliphatic heterocycles. The number of carbonyl (C=O) groups is 1. The molecule has 21 heavy (non-hydrogen) atoms. The molecule has 0 radical (unpaired) electrons. The van der Waals surface area contributed by atoms with Gasteiger partial charge in [0, 0.05) is 24.4 Å². The van der Waals surface area contributed by atoms with Crippen LogP contribution in [0.5, 0.6) is 5.75 Å². The van der Waals surface area contributed by atoms with Crippen molar-refractivity contribution in [1.29, 1.82) is 0 Å². The molecule has 0 spiro atoms. The summed E-state index contributed by atoms with van der Waals surface area (Å²) in [5.41, 5.74) is 0. The summed E-state index contributed by atoms with van der Waals surface area (Å²) < 4.78 is 11.2. The SMILES string of the molecule is O=C(CCCOc1ccccc1)C1CC2COCC(C1)N2. The summed E-state index contributed by atoms with van der Waals surface area (Å²) in [4.78, 5) is 12.3. The normalized spacial score (nSPS) is 28.1. The van der Waals surface area contributed by atoms with Gasteiger partial charge >= 0.3 is 0 Å². The fraction of sp³-hybridized carbons (Fsp3) is 0.588. The summed E-state index contributed by atoms with van der Waals surface area (Å²) >= 11 is 0. The van der Waals surface area contributed by atoms with Crippen LogP contribution in [0.1, 0.15) is 25.7 Å². The van der Waals surface area contributed by atoms with E-state index in [2.05, 4.69) is 5.32 Å². The van der Waals surface area contributed by atoms with E-state index in [0.717, 1.165) is 38.2 Å². The Morgan fingerprint density at radius 2 is 1.90 bits per heavy atom. The average molecular weight is 289 g/mol. The molecule has 0 saturated carbocycles. The predicted molar refractivity (Wildman–Crippen MR) is 80.4 cm³/mol. The number of morpholine rings is 1. The Bertz CT molecular complexity index is 450. The third kappa shape index (κ3) is 4.05. The summed E-state index contributed by atoms with van der Waals surface area (Å²) in [5.74, 6) is 1.48. The van der Waals surface area contributed by atoms with E-state index in [-0.39, 0.29) is 5.92 Å². The van der Waals surface area contributed by atoms with Crippen LogP contribution in [-0.4, -0.2) is 37.7 Å². The van der Waals surface area contributed by atoms with E-state index in [1.165, 1.54) is 0 Å². The maximum atomic E-state index is 12.3. The van der Waals surface area contributed by atoms with Crippen molar-refractivity contribution in [3.63, 3.8) is 0 Å². The number of rotatable bonds is 6. The van der Waals surface area contributed by atoms with Gasteiger partial charge in [-0.2, -0.15) is 0 Å². The lowest BCUT2D eigenvalue weighted by Gasteiger charge is -2.39. The summed E-state index contributed by atoms with van der Waals surface area (Å²) in [6.07, 6.45) is 3.27. The molecule has 0 aromatic heterocycles. The summed E-state index contributed by atoms with van der Waals surface area (Å²) in [6, 6.07) is 10.5. The lowest BCUT2D eigenvalue weighted by Crippen LogP contribution is -2.55. The summed E-state index contributed by atoms with van der Waals surface area (Å²) in [6.45, 7) is 2.10. The Morgan fingerprint density at radius 1 is 1.19 bits per heavy atom. The molecule has 1 N–H and O–H groups in total. The summed E-state index contributed by atoms with van der Waals surface area (Å²) in [5, 5.41) is 3.52. The van der Waals surface area contributed by atoms with Crippen molar-refractivity contribution in [3.8, 4) is 5.75 Å². The zero-order valence-electron chi connectivity index (χ0n) is 12.3. The third-order valence-corrected chi connectivity index (χ3v) is 4.28. The molecule has 2 unspecified atom stereocenters. The fourth-order valence-corrected chi connectivity index (χ4v) is 3.26. The molecule has 4 nitrogen and oxygen atoms in total. The zero-order valence-corrected chi connectivity index (χ0v) is 12.3. The van der Waals surface area contributed by atoms with Crippen molar-refractivity contribution in [2.45, 2.75) is 37.8 Å². The highest BCUT2D eigenvalue weighted by Gasteiger charge is 2.34. The molecule has 0 amide bonds. The number of hydrogen-bond acceptors (Lipinski definition) is 4. The third-order valence-electron chi connectivity index (χ3n) is 4.28. The zero-order chi connectivity index (χ0) is 14.5. The predicted octanol–water partition coefficient (Wildman–Crippen LogP) is 2.18. The van der Waals surface area contributed by atoms with Crippen molar-refractivity contribution in [2.75, 3.05) is 19.8 Å². The highest BCUT2D eigenvalue weighted by atomic mass is 16.5. The van der Waals surface area contributed by atoms with Crippen molar-refractivity contribution < 1.29 is 14.3 Å². The van der Waals surface area contributed by atoms with Crippen LogP contribution in [0.4, 0.5) is 0 Å². The molecule has 114 valence electrons. The van der Waals surface area contributed by atoms with Crippen LogP contribution in [-0.2, 0) is 9.53 Å². The number of hydrogen-bond donors (Lipinski definition) is 1. The Hall–Kier alpha value is -1.39. The minimum Gasteiger partial charge on any atom is -0.494 e. The van der Waals surface area contributed by atoms with Gasteiger partial charge in [-0.05, 0) is 31.4 Å². The molecule has 3 rings (SSSR count). The fourth-order valence-electron chi connectivity index (χ4n) is 3.26. The smallest absolute Gasteiger partial charge is 0.136 e. The minimum atomic E-state index is 0.210. The van der Waals surface area contributed by atoms with E-state index < -0.39 is 0 Å². The number of nitrogens with one attached hydrogen (secondary N) is 1. The standard InChI is InChI=1S/C17H23NO3/c19-17(7-4-8-21-16-5-2-1-3-6-16)13-9-14-11-20-12-15(10-13)18-14/h1-3,5-6,13-15,18H,4,7-12H2.